The molecule has 0 saturated carbocycles. The van der Waals surface area contributed by atoms with Gasteiger partial charge >= 0.3 is 46.0 Å². The predicted molar refractivity (Wildman–Crippen MR) is 283 cm³/mol. The van der Waals surface area contributed by atoms with Gasteiger partial charge in [-0.15, -0.1) is 0 Å². The third-order valence-corrected chi connectivity index (χ3v) is 8.92. The number of nitriles is 1. The van der Waals surface area contributed by atoms with E-state index >= 15 is 0 Å². The highest BCUT2D eigenvalue weighted by Gasteiger charge is 2.34. The summed E-state index contributed by atoms with van der Waals surface area (Å²) in [4.78, 5) is 180. The average molecular weight is 1270 g/mol. The molecule has 14 N–H and O–H groups in total. The van der Waals surface area contributed by atoms with E-state index in [0.29, 0.717) is 20.9 Å². The smallest absolute Gasteiger partial charge is 0.314 e. The van der Waals surface area contributed by atoms with Crippen LogP contribution in [0.2, 0.25) is 0 Å². The molecule has 404 valence electrons. The van der Waals surface area contributed by atoms with Gasteiger partial charge in [-0.2, -0.15) is 18.4 Å². The largest absolute Gasteiger partial charge is 0.423 e. The van der Waals surface area contributed by atoms with E-state index in [1.165, 1.54) is 42.0 Å². The maximum atomic E-state index is 11.8. The molecule has 0 bridgehead atoms. The standard InChI is InChI=1S/C10H12N2O2.C6H3BrN2O2.C6H5ClN2O2.C6H6N2O2.C5H3F3N2O2.C5H3N3O2.C4H3IN2O2/c1-2-3-4-5-6-8-7-11-10(14)12-9(8)13;7-2-1-4-3-8-6(11)9-5(4)10;1-3(7)4-2-8-6(11)9-5(4)10;1-2-4-3-7-6(10)8-5(4)9;6-5(7,8)2-1-9-4(12)10-3(2)11;6-1-3-2-7-5(10)8-4(3)9;5-2-1-6-4(9)7-3(2)8/h7H,2-4H2,1H3,(H2,11,12,13,14);3H,(H2,8,9,10,11);2H,1H2,(H2,8,9,10,11);2-3H,1H2,(H2,7,8,9,10);1H,(H2,9,10,11,12);2H,(H2,7,8,9,10);1H,(H2,6,7,8,9). The molecule has 0 aliphatic heterocycles. The quantitative estimate of drug-likeness (QED) is 0.0573. The molecule has 0 atom stereocenters. The Morgan fingerprint density at radius 1 is 0.584 bits per heavy atom. The van der Waals surface area contributed by atoms with Gasteiger partial charge in [0.05, 0.1) is 14.7 Å². The highest BCUT2D eigenvalue weighted by atomic mass is 127. The molecule has 29 nitrogen and oxygen atoms in total. The van der Waals surface area contributed by atoms with Crippen LogP contribution in [-0.2, 0) is 6.18 Å². The second-order valence-electron chi connectivity index (χ2n) is 13.2. The van der Waals surface area contributed by atoms with Crippen LogP contribution in [0.4, 0.5) is 13.2 Å². The summed E-state index contributed by atoms with van der Waals surface area (Å²) in [6.07, 6.45) is 7.40. The van der Waals surface area contributed by atoms with Crippen LogP contribution >= 0.6 is 50.1 Å². The number of hydrogen-bond donors (Lipinski definition) is 14. The molecule has 0 aliphatic rings. The van der Waals surface area contributed by atoms with Crippen molar-refractivity contribution in [1.29, 1.82) is 5.26 Å². The molecule has 0 fully saturated rings. The molecule has 0 saturated heterocycles. The Labute approximate surface area is 447 Å². The molecule has 0 amide bonds. The Kier molecular flexibility index (Phi) is 28.0. The number of rotatable bonds is 4. The number of aromatic nitrogens is 14. The molecular weight excluding hydrogens is 1240 g/mol. The van der Waals surface area contributed by atoms with E-state index in [9.17, 15) is 80.3 Å². The highest BCUT2D eigenvalue weighted by Crippen LogP contribution is 2.24. The summed E-state index contributed by atoms with van der Waals surface area (Å²) in [7, 11) is 0. The maximum absolute atomic E-state index is 11.8. The molecule has 0 unspecified atom stereocenters. The zero-order chi connectivity index (χ0) is 58.4. The van der Waals surface area contributed by atoms with E-state index in [4.69, 9.17) is 16.9 Å². The predicted octanol–water partition coefficient (Wildman–Crippen LogP) is -0.964. The van der Waals surface area contributed by atoms with Crippen molar-refractivity contribution in [2.45, 2.75) is 32.4 Å². The van der Waals surface area contributed by atoms with Crippen LogP contribution in [0.1, 0.15) is 59.6 Å². The van der Waals surface area contributed by atoms with Gasteiger partial charge in [-0.3, -0.25) is 68.4 Å². The molecule has 0 radical (unpaired) electrons. The van der Waals surface area contributed by atoms with Gasteiger partial charge in [0.1, 0.15) is 28.3 Å². The topological polar surface area (TPSA) is 484 Å². The fourth-order valence-electron chi connectivity index (χ4n) is 4.17. The summed E-state index contributed by atoms with van der Waals surface area (Å²) in [5.41, 5.74) is -8.91. The summed E-state index contributed by atoms with van der Waals surface area (Å²) < 4.78 is 36.0. The third kappa shape index (κ3) is 25.1. The van der Waals surface area contributed by atoms with E-state index in [1.54, 1.807) is 11.1 Å². The van der Waals surface area contributed by atoms with Gasteiger partial charge < -0.3 is 34.9 Å². The number of H-pyrrole nitrogens is 14. The van der Waals surface area contributed by atoms with Crippen LogP contribution < -0.4 is 78.7 Å². The summed E-state index contributed by atoms with van der Waals surface area (Å²) >= 11 is 10.1. The number of halogens is 6. The van der Waals surface area contributed by atoms with Crippen molar-refractivity contribution in [3.05, 3.63) is 239 Å². The van der Waals surface area contributed by atoms with Crippen LogP contribution in [0.15, 0.2) is 124 Å². The number of alkyl halides is 3. The first kappa shape index (κ1) is 65.2. The van der Waals surface area contributed by atoms with Crippen molar-refractivity contribution in [3.63, 3.8) is 0 Å². The molecule has 7 aromatic rings. The Bertz CT molecular complexity index is 4240. The van der Waals surface area contributed by atoms with Gasteiger partial charge in [0.2, 0.25) is 0 Å². The van der Waals surface area contributed by atoms with Crippen molar-refractivity contribution in [1.82, 2.24) is 69.8 Å². The van der Waals surface area contributed by atoms with Crippen molar-refractivity contribution < 1.29 is 13.2 Å². The summed E-state index contributed by atoms with van der Waals surface area (Å²) in [6, 6.07) is 1.61. The Morgan fingerprint density at radius 2 is 0.974 bits per heavy atom. The number of hydrogen-bond acceptors (Lipinski definition) is 15. The van der Waals surface area contributed by atoms with Crippen molar-refractivity contribution in [2.75, 3.05) is 0 Å². The molecule has 77 heavy (non-hydrogen) atoms. The summed E-state index contributed by atoms with van der Waals surface area (Å²) in [5, 5.41) is 8.32. The lowest BCUT2D eigenvalue weighted by atomic mass is 10.2. The molecular formula is C42H35BrClF3IN15O14. The first-order valence-corrected chi connectivity index (χ1v) is 22.4. The normalized spacial score (nSPS) is 9.48. The summed E-state index contributed by atoms with van der Waals surface area (Å²) in [5.74, 6) is 8.04. The molecule has 0 aromatic carbocycles. The molecule has 7 heterocycles. The second-order valence-corrected chi connectivity index (χ2v) is 15.2. The number of unbranched alkanes of at least 4 members (excludes halogenated alkanes) is 2. The average Bonchev–Trinajstić information content (AvgIpc) is 3.34. The molecule has 7 aromatic heterocycles. The third-order valence-electron chi connectivity index (χ3n) is 7.72. The zero-order valence-corrected chi connectivity index (χ0v) is 43.1. The first-order valence-electron chi connectivity index (χ1n) is 20.1. The van der Waals surface area contributed by atoms with E-state index < -0.39 is 84.9 Å². The second kappa shape index (κ2) is 33.1. The zero-order valence-electron chi connectivity index (χ0n) is 38.6. The molecule has 0 aliphatic carbocycles. The number of nitrogens with one attached hydrogen (secondary N) is 14. The Morgan fingerprint density at radius 3 is 1.34 bits per heavy atom. The molecule has 0 spiro atoms. The van der Waals surface area contributed by atoms with E-state index in [-0.39, 0.29) is 27.3 Å². The van der Waals surface area contributed by atoms with Gasteiger partial charge in [-0.05, 0) is 39.8 Å². The van der Waals surface area contributed by atoms with Crippen LogP contribution in [0.5, 0.6) is 0 Å². The minimum Gasteiger partial charge on any atom is -0.314 e. The Hall–Kier alpha value is -9.86. The van der Waals surface area contributed by atoms with Crippen LogP contribution in [0.25, 0.3) is 11.1 Å². The van der Waals surface area contributed by atoms with Gasteiger partial charge in [-0.1, -0.05) is 56.0 Å². The van der Waals surface area contributed by atoms with E-state index in [1.807, 2.05) is 37.5 Å². The van der Waals surface area contributed by atoms with E-state index in [0.717, 1.165) is 25.5 Å². The number of nitrogens with zero attached hydrogens (tertiary/aromatic N) is 1. The monoisotopic (exact) mass is 1270 g/mol. The fraction of sp³-hybridized carbons (Fsp3) is 0.119. The van der Waals surface area contributed by atoms with Gasteiger partial charge in [0.25, 0.3) is 38.9 Å². The van der Waals surface area contributed by atoms with Crippen LogP contribution in [0.3, 0.4) is 0 Å². The van der Waals surface area contributed by atoms with Crippen molar-refractivity contribution in [2.24, 2.45) is 0 Å². The van der Waals surface area contributed by atoms with Gasteiger partial charge in [0, 0.05) is 70.8 Å². The van der Waals surface area contributed by atoms with Crippen LogP contribution in [0, 0.1) is 37.5 Å². The minimum atomic E-state index is -4.74. The lowest BCUT2D eigenvalue weighted by Crippen LogP contribution is -2.28. The highest BCUT2D eigenvalue weighted by molar-refractivity contribution is 14.1. The lowest BCUT2D eigenvalue weighted by Gasteiger charge is -2.02. The van der Waals surface area contributed by atoms with Gasteiger partial charge in [-0.25, -0.2) is 33.6 Å². The molecule has 35 heteroatoms. The van der Waals surface area contributed by atoms with Crippen LogP contribution in [-0.4, -0.2) is 69.8 Å². The van der Waals surface area contributed by atoms with Gasteiger partial charge in [0.15, 0.2) is 0 Å². The number of aromatic amines is 14. The molecule has 7 rings (SSSR count). The first-order chi connectivity index (χ1) is 36.2. The fourth-order valence-corrected chi connectivity index (χ4v) is 4.81. The minimum absolute atomic E-state index is 0.0976. The Balaban J connectivity index is 0.000000451. The SMILES string of the molecule is C=C(Cl)c1c[nH]c(=O)[nH]c1=O.C=Cc1c[nH]c(=O)[nH]c1=O.CCCCC#Cc1c[nH]c(=O)[nH]c1=O.N#Cc1c[nH]c(=O)[nH]c1=O.O=c1[nH]cc(C#CBr)c(=O)[nH]1.O=c1[nH]cc(C(F)(F)F)c(=O)[nH]1.O=c1[nH]cc(I)c(=O)[nH]1. The summed E-state index contributed by atoms with van der Waals surface area (Å²) in [6.45, 7) is 8.80. The lowest BCUT2D eigenvalue weighted by molar-refractivity contribution is -0.139. The van der Waals surface area contributed by atoms with Crippen molar-refractivity contribution >= 4 is 61.2 Å². The van der Waals surface area contributed by atoms with E-state index in [2.05, 4.69) is 103 Å². The maximum Gasteiger partial charge on any atom is 0.423 e. The van der Waals surface area contributed by atoms with Crippen molar-refractivity contribution in [3.8, 4) is 28.7 Å².